The molecular formula is C17H23ClFN5O2. The number of nitrogens with zero attached hydrogens (tertiary/aromatic N) is 5. The number of amides is 1. The highest BCUT2D eigenvalue weighted by Crippen LogP contribution is 2.33. The van der Waals surface area contributed by atoms with Gasteiger partial charge in [0.25, 0.3) is 0 Å². The SMILES string of the molecule is CCC(c1nn(C)nc1-c1ccnc(Cl)c1F)N(C)C(=O)OC(C)(C)C. The first-order chi connectivity index (χ1) is 12.0. The van der Waals surface area contributed by atoms with Crippen LogP contribution in [0.4, 0.5) is 9.18 Å². The average molecular weight is 384 g/mol. The molecule has 0 aliphatic carbocycles. The van der Waals surface area contributed by atoms with E-state index in [4.69, 9.17) is 16.3 Å². The second kappa shape index (κ2) is 7.57. The number of carbonyl (C=O) groups is 1. The molecule has 0 N–H and O–H groups in total. The van der Waals surface area contributed by atoms with Crippen LogP contribution in [0.15, 0.2) is 12.3 Å². The van der Waals surface area contributed by atoms with Gasteiger partial charge in [0.15, 0.2) is 11.0 Å². The number of rotatable bonds is 4. The van der Waals surface area contributed by atoms with E-state index >= 15 is 0 Å². The second-order valence-corrected chi connectivity index (χ2v) is 7.26. The Balaban J connectivity index is 2.46. The van der Waals surface area contributed by atoms with Gasteiger partial charge in [-0.1, -0.05) is 18.5 Å². The van der Waals surface area contributed by atoms with Crippen LogP contribution >= 0.6 is 11.6 Å². The standard InChI is InChI=1S/C17H23ClFN5O2/c1-7-11(23(5)16(25)26-17(2,3)4)14-13(21-24(6)22-14)10-8-9-20-15(18)12(10)19/h8-9,11H,7H2,1-6H3. The molecule has 2 heterocycles. The summed E-state index contributed by atoms with van der Waals surface area (Å²) in [6.45, 7) is 7.28. The third-order valence-electron chi connectivity index (χ3n) is 3.69. The molecule has 0 aliphatic heterocycles. The number of halogens is 2. The highest BCUT2D eigenvalue weighted by Gasteiger charge is 2.31. The highest BCUT2D eigenvalue weighted by molar-refractivity contribution is 6.29. The van der Waals surface area contributed by atoms with Crippen LogP contribution in [-0.2, 0) is 11.8 Å². The quantitative estimate of drug-likeness (QED) is 0.746. The zero-order chi connectivity index (χ0) is 19.6. The number of hydrogen-bond acceptors (Lipinski definition) is 5. The lowest BCUT2D eigenvalue weighted by atomic mass is 10.0. The molecule has 7 nitrogen and oxygen atoms in total. The van der Waals surface area contributed by atoms with Gasteiger partial charge in [-0.15, -0.1) is 0 Å². The summed E-state index contributed by atoms with van der Waals surface area (Å²) in [6.07, 6.45) is 1.45. The Bertz CT molecular complexity index is 803. The van der Waals surface area contributed by atoms with Crippen molar-refractivity contribution in [2.75, 3.05) is 7.05 Å². The van der Waals surface area contributed by atoms with E-state index in [1.165, 1.54) is 22.0 Å². The molecule has 0 spiro atoms. The highest BCUT2D eigenvalue weighted by atomic mass is 35.5. The number of ether oxygens (including phenoxy) is 1. The summed E-state index contributed by atoms with van der Waals surface area (Å²) in [5.74, 6) is -0.675. The summed E-state index contributed by atoms with van der Waals surface area (Å²) in [5.41, 5.74) is 0.338. The molecular weight excluding hydrogens is 361 g/mol. The van der Waals surface area contributed by atoms with Crippen LogP contribution in [-0.4, -0.2) is 43.6 Å². The number of aryl methyl sites for hydroxylation is 1. The van der Waals surface area contributed by atoms with Gasteiger partial charge in [0.05, 0.1) is 6.04 Å². The maximum atomic E-state index is 14.4. The molecule has 9 heteroatoms. The van der Waals surface area contributed by atoms with E-state index in [9.17, 15) is 9.18 Å². The third kappa shape index (κ3) is 4.30. The van der Waals surface area contributed by atoms with Crippen molar-refractivity contribution >= 4 is 17.7 Å². The monoisotopic (exact) mass is 383 g/mol. The molecule has 0 aromatic carbocycles. The Hall–Kier alpha value is -2.22. The summed E-state index contributed by atoms with van der Waals surface area (Å²) >= 11 is 5.80. The average Bonchev–Trinajstić information content (AvgIpc) is 2.90. The molecule has 1 amide bonds. The lowest BCUT2D eigenvalue weighted by Crippen LogP contribution is -2.36. The van der Waals surface area contributed by atoms with Gasteiger partial charge in [-0.3, -0.25) is 0 Å². The first-order valence-electron chi connectivity index (χ1n) is 8.22. The Morgan fingerprint density at radius 1 is 1.42 bits per heavy atom. The molecule has 2 aromatic heterocycles. The molecule has 26 heavy (non-hydrogen) atoms. The van der Waals surface area contributed by atoms with Gasteiger partial charge in [0.1, 0.15) is 17.0 Å². The number of pyridine rings is 1. The summed E-state index contributed by atoms with van der Waals surface area (Å²) in [5, 5.41) is 8.38. The van der Waals surface area contributed by atoms with Crippen molar-refractivity contribution in [2.45, 2.75) is 45.8 Å². The first-order valence-corrected chi connectivity index (χ1v) is 8.60. The van der Waals surface area contributed by atoms with E-state index in [2.05, 4.69) is 15.2 Å². The van der Waals surface area contributed by atoms with Crippen molar-refractivity contribution in [2.24, 2.45) is 7.05 Å². The summed E-state index contributed by atoms with van der Waals surface area (Å²) in [6, 6.07) is 1.04. The fourth-order valence-corrected chi connectivity index (χ4v) is 2.71. The van der Waals surface area contributed by atoms with Gasteiger partial charge in [0, 0.05) is 25.9 Å². The van der Waals surface area contributed by atoms with Gasteiger partial charge in [-0.05, 0) is 33.3 Å². The van der Waals surface area contributed by atoms with Gasteiger partial charge in [-0.2, -0.15) is 15.0 Å². The molecule has 0 saturated carbocycles. The van der Waals surface area contributed by atoms with Crippen LogP contribution in [0, 0.1) is 5.82 Å². The van der Waals surface area contributed by atoms with E-state index in [0.29, 0.717) is 17.8 Å². The molecule has 0 aliphatic rings. The van der Waals surface area contributed by atoms with Crippen molar-refractivity contribution < 1.29 is 13.9 Å². The van der Waals surface area contributed by atoms with E-state index in [-0.39, 0.29) is 10.7 Å². The molecule has 2 rings (SSSR count). The van der Waals surface area contributed by atoms with E-state index in [0.717, 1.165) is 0 Å². The minimum absolute atomic E-state index is 0.184. The summed E-state index contributed by atoms with van der Waals surface area (Å²) in [4.78, 5) is 19.0. The lowest BCUT2D eigenvalue weighted by molar-refractivity contribution is 0.0212. The molecule has 1 atom stereocenters. The van der Waals surface area contributed by atoms with E-state index in [1.54, 1.807) is 34.9 Å². The molecule has 142 valence electrons. The van der Waals surface area contributed by atoms with Crippen LogP contribution in [0.25, 0.3) is 11.3 Å². The van der Waals surface area contributed by atoms with Gasteiger partial charge in [-0.25, -0.2) is 14.2 Å². The van der Waals surface area contributed by atoms with Crippen LogP contribution in [0.5, 0.6) is 0 Å². The molecule has 0 radical (unpaired) electrons. The summed E-state index contributed by atoms with van der Waals surface area (Å²) in [7, 11) is 3.25. The van der Waals surface area contributed by atoms with Crippen molar-refractivity contribution in [3.63, 3.8) is 0 Å². The van der Waals surface area contributed by atoms with E-state index < -0.39 is 23.6 Å². The minimum atomic E-state index is -0.675. The van der Waals surface area contributed by atoms with Crippen molar-refractivity contribution in [3.8, 4) is 11.3 Å². The van der Waals surface area contributed by atoms with Crippen LogP contribution in [0.1, 0.15) is 45.9 Å². The Morgan fingerprint density at radius 3 is 2.65 bits per heavy atom. The topological polar surface area (TPSA) is 73.1 Å². The zero-order valence-electron chi connectivity index (χ0n) is 15.7. The van der Waals surface area contributed by atoms with Crippen LogP contribution in [0.3, 0.4) is 0 Å². The first kappa shape index (κ1) is 20.1. The van der Waals surface area contributed by atoms with Crippen molar-refractivity contribution in [3.05, 3.63) is 28.9 Å². The molecule has 0 bridgehead atoms. The maximum Gasteiger partial charge on any atom is 0.410 e. The van der Waals surface area contributed by atoms with Crippen LogP contribution in [0.2, 0.25) is 5.15 Å². The Morgan fingerprint density at radius 2 is 2.08 bits per heavy atom. The molecule has 1 unspecified atom stereocenters. The number of hydrogen-bond donors (Lipinski definition) is 0. The van der Waals surface area contributed by atoms with Crippen LogP contribution < -0.4 is 0 Å². The largest absolute Gasteiger partial charge is 0.444 e. The smallest absolute Gasteiger partial charge is 0.410 e. The fraction of sp³-hybridized carbons (Fsp3) is 0.529. The predicted octanol–water partition coefficient (Wildman–Crippen LogP) is 3.99. The fourth-order valence-electron chi connectivity index (χ4n) is 2.55. The second-order valence-electron chi connectivity index (χ2n) is 6.90. The minimum Gasteiger partial charge on any atom is -0.444 e. The normalized spacial score (nSPS) is 12.8. The zero-order valence-corrected chi connectivity index (χ0v) is 16.5. The third-order valence-corrected chi connectivity index (χ3v) is 3.96. The number of aromatic nitrogens is 4. The van der Waals surface area contributed by atoms with E-state index in [1.807, 2.05) is 6.92 Å². The lowest BCUT2D eigenvalue weighted by Gasteiger charge is -2.29. The molecule has 0 fully saturated rings. The maximum absolute atomic E-state index is 14.4. The van der Waals surface area contributed by atoms with Gasteiger partial charge < -0.3 is 9.64 Å². The predicted molar refractivity (Wildman–Crippen MR) is 96.2 cm³/mol. The van der Waals surface area contributed by atoms with Crippen molar-refractivity contribution in [1.82, 2.24) is 24.9 Å². The molecule has 2 aromatic rings. The van der Waals surface area contributed by atoms with Gasteiger partial charge in [0.2, 0.25) is 0 Å². The molecule has 0 saturated heterocycles. The van der Waals surface area contributed by atoms with Crippen molar-refractivity contribution in [1.29, 1.82) is 0 Å². The Labute approximate surface area is 157 Å². The van der Waals surface area contributed by atoms with Gasteiger partial charge >= 0.3 is 6.09 Å². The Kier molecular flexibility index (Phi) is 5.85. The summed E-state index contributed by atoms with van der Waals surface area (Å²) < 4.78 is 19.9. The number of carbonyl (C=O) groups excluding carboxylic acids is 1.